The molecule has 1 aromatic carbocycles. The number of nitrogens with one attached hydrogen (secondary N) is 2. The van der Waals surface area contributed by atoms with Crippen molar-refractivity contribution in [2.75, 3.05) is 11.9 Å². The lowest BCUT2D eigenvalue weighted by molar-refractivity contribution is -0.137. The number of rotatable bonds is 7. The maximum Gasteiger partial charge on any atom is 0.319 e. The van der Waals surface area contributed by atoms with E-state index in [1.807, 2.05) is 13.0 Å². The highest BCUT2D eigenvalue weighted by atomic mass is 127. The summed E-state index contributed by atoms with van der Waals surface area (Å²) in [6.07, 6.45) is 1.51. The maximum absolute atomic E-state index is 11.7. The molecule has 116 valence electrons. The Bertz CT molecular complexity index is 511. The number of halogens is 2. The van der Waals surface area contributed by atoms with E-state index in [2.05, 4.69) is 33.2 Å². The molecule has 1 atom stereocenters. The summed E-state index contributed by atoms with van der Waals surface area (Å²) in [6.45, 7) is 2.47. The predicted molar refractivity (Wildman–Crippen MR) is 91.8 cm³/mol. The number of hydrogen-bond acceptors (Lipinski definition) is 2. The fourth-order valence-electron chi connectivity index (χ4n) is 1.70. The fraction of sp³-hybridized carbons (Fsp3) is 0.429. The Labute approximate surface area is 142 Å². The number of amides is 2. The van der Waals surface area contributed by atoms with Crippen LogP contribution in [-0.4, -0.2) is 23.7 Å². The van der Waals surface area contributed by atoms with E-state index in [0.717, 1.165) is 9.99 Å². The molecule has 0 bridgehead atoms. The van der Waals surface area contributed by atoms with Crippen LogP contribution >= 0.6 is 34.2 Å². The predicted octanol–water partition coefficient (Wildman–Crippen LogP) is 3.96. The van der Waals surface area contributed by atoms with Gasteiger partial charge in [0.25, 0.3) is 0 Å². The second kappa shape index (κ2) is 9.09. The first kappa shape index (κ1) is 18.0. The molecule has 5 nitrogen and oxygen atoms in total. The van der Waals surface area contributed by atoms with Crippen LogP contribution in [0.25, 0.3) is 0 Å². The molecule has 1 aromatic rings. The number of benzene rings is 1. The highest BCUT2D eigenvalue weighted by Crippen LogP contribution is 2.23. The van der Waals surface area contributed by atoms with Crippen LogP contribution in [0.4, 0.5) is 10.5 Å². The Morgan fingerprint density at radius 1 is 1.38 bits per heavy atom. The number of carboxylic acids is 1. The van der Waals surface area contributed by atoms with Gasteiger partial charge in [-0.15, -0.1) is 0 Å². The summed E-state index contributed by atoms with van der Waals surface area (Å²) in [5.74, 6) is -0.538. The Balaban J connectivity index is 2.29. The summed E-state index contributed by atoms with van der Waals surface area (Å²) in [5, 5.41) is 14.5. The Morgan fingerprint density at radius 3 is 2.71 bits per heavy atom. The van der Waals surface area contributed by atoms with Crippen LogP contribution in [0.15, 0.2) is 18.2 Å². The summed E-state index contributed by atoms with van der Waals surface area (Å²) in [7, 11) is 0. The standard InChI is InChI=1S/C14H18ClIN2O3/c1-9(2-5-13(19)20)6-7-17-14(21)18-12-4-3-10(16)8-11(12)15/h3-4,8-9H,2,5-7H2,1H3,(H,19,20)(H2,17,18,21). The van der Waals surface area contributed by atoms with Gasteiger partial charge in [-0.05, 0) is 59.5 Å². The minimum absolute atomic E-state index is 0.158. The van der Waals surface area contributed by atoms with E-state index >= 15 is 0 Å². The maximum atomic E-state index is 11.7. The van der Waals surface area contributed by atoms with Gasteiger partial charge in [-0.3, -0.25) is 4.79 Å². The molecule has 21 heavy (non-hydrogen) atoms. The van der Waals surface area contributed by atoms with Crippen molar-refractivity contribution in [3.05, 3.63) is 26.8 Å². The highest BCUT2D eigenvalue weighted by molar-refractivity contribution is 14.1. The lowest BCUT2D eigenvalue weighted by Crippen LogP contribution is -2.30. The van der Waals surface area contributed by atoms with Gasteiger partial charge in [-0.25, -0.2) is 4.79 Å². The third kappa shape index (κ3) is 7.52. The number of hydrogen-bond donors (Lipinski definition) is 3. The van der Waals surface area contributed by atoms with Crippen LogP contribution in [0.2, 0.25) is 5.02 Å². The van der Waals surface area contributed by atoms with Crippen LogP contribution in [0.3, 0.4) is 0 Å². The van der Waals surface area contributed by atoms with Crippen molar-refractivity contribution >= 4 is 51.9 Å². The smallest absolute Gasteiger partial charge is 0.319 e. The SMILES string of the molecule is CC(CCNC(=O)Nc1ccc(I)cc1Cl)CCC(=O)O. The average Bonchev–Trinajstić information content (AvgIpc) is 2.39. The number of carboxylic acid groups (broad SMARTS) is 1. The molecule has 0 saturated heterocycles. The van der Waals surface area contributed by atoms with Gasteiger partial charge in [0.1, 0.15) is 0 Å². The third-order valence-corrected chi connectivity index (χ3v) is 3.94. The van der Waals surface area contributed by atoms with Crippen molar-refractivity contribution < 1.29 is 14.7 Å². The zero-order valence-electron chi connectivity index (χ0n) is 11.7. The molecule has 0 aliphatic heterocycles. The molecule has 0 spiro atoms. The van der Waals surface area contributed by atoms with Crippen LogP contribution in [-0.2, 0) is 4.79 Å². The number of anilines is 1. The largest absolute Gasteiger partial charge is 0.481 e. The van der Waals surface area contributed by atoms with Gasteiger partial charge in [-0.1, -0.05) is 18.5 Å². The van der Waals surface area contributed by atoms with Crippen molar-refractivity contribution in [3.8, 4) is 0 Å². The fourth-order valence-corrected chi connectivity index (χ4v) is 2.61. The second-order valence-electron chi connectivity index (χ2n) is 4.83. The third-order valence-electron chi connectivity index (χ3n) is 2.95. The van der Waals surface area contributed by atoms with E-state index in [4.69, 9.17) is 16.7 Å². The van der Waals surface area contributed by atoms with E-state index in [-0.39, 0.29) is 18.4 Å². The van der Waals surface area contributed by atoms with E-state index in [9.17, 15) is 9.59 Å². The van der Waals surface area contributed by atoms with Gasteiger partial charge in [0, 0.05) is 16.5 Å². The number of carbonyl (C=O) groups excluding carboxylic acids is 1. The Morgan fingerprint density at radius 2 is 2.10 bits per heavy atom. The van der Waals surface area contributed by atoms with Crippen molar-refractivity contribution in [1.29, 1.82) is 0 Å². The molecular weight excluding hydrogens is 407 g/mol. The molecular formula is C14H18ClIN2O3. The zero-order valence-corrected chi connectivity index (χ0v) is 14.6. The average molecular weight is 425 g/mol. The topological polar surface area (TPSA) is 78.4 Å². The minimum atomic E-state index is -0.791. The van der Waals surface area contributed by atoms with E-state index in [1.165, 1.54) is 0 Å². The van der Waals surface area contributed by atoms with Gasteiger partial charge in [0.15, 0.2) is 0 Å². The molecule has 2 amide bonds. The van der Waals surface area contributed by atoms with Gasteiger partial charge in [0.05, 0.1) is 10.7 Å². The van der Waals surface area contributed by atoms with E-state index < -0.39 is 5.97 Å². The molecule has 0 aliphatic carbocycles. The van der Waals surface area contributed by atoms with Crippen molar-refractivity contribution in [2.24, 2.45) is 5.92 Å². The lowest BCUT2D eigenvalue weighted by atomic mass is 10.0. The number of urea groups is 1. The number of aliphatic carboxylic acids is 1. The Hall–Kier alpha value is -1.02. The molecule has 3 N–H and O–H groups in total. The second-order valence-corrected chi connectivity index (χ2v) is 6.48. The molecule has 0 aromatic heterocycles. The molecule has 0 heterocycles. The van der Waals surface area contributed by atoms with Crippen LogP contribution in [0.1, 0.15) is 26.2 Å². The summed E-state index contributed by atoms with van der Waals surface area (Å²) in [5.41, 5.74) is 0.563. The minimum Gasteiger partial charge on any atom is -0.481 e. The normalized spacial score (nSPS) is 11.8. The molecule has 0 fully saturated rings. The highest BCUT2D eigenvalue weighted by Gasteiger charge is 2.08. The molecule has 0 radical (unpaired) electrons. The van der Waals surface area contributed by atoms with Gasteiger partial charge < -0.3 is 15.7 Å². The van der Waals surface area contributed by atoms with Crippen molar-refractivity contribution in [3.63, 3.8) is 0 Å². The zero-order chi connectivity index (χ0) is 15.8. The van der Waals surface area contributed by atoms with Crippen LogP contribution in [0.5, 0.6) is 0 Å². The van der Waals surface area contributed by atoms with Crippen LogP contribution < -0.4 is 10.6 Å². The monoisotopic (exact) mass is 424 g/mol. The summed E-state index contributed by atoms with van der Waals surface area (Å²) >= 11 is 8.17. The van der Waals surface area contributed by atoms with Gasteiger partial charge >= 0.3 is 12.0 Å². The van der Waals surface area contributed by atoms with Gasteiger partial charge in [0.2, 0.25) is 0 Å². The van der Waals surface area contributed by atoms with E-state index in [1.54, 1.807) is 12.1 Å². The molecule has 1 rings (SSSR count). The van der Waals surface area contributed by atoms with Gasteiger partial charge in [-0.2, -0.15) is 0 Å². The first-order valence-corrected chi connectivity index (χ1v) is 8.06. The first-order chi connectivity index (χ1) is 9.88. The van der Waals surface area contributed by atoms with Crippen molar-refractivity contribution in [1.82, 2.24) is 5.32 Å². The van der Waals surface area contributed by atoms with Crippen LogP contribution in [0, 0.1) is 9.49 Å². The first-order valence-electron chi connectivity index (χ1n) is 6.60. The van der Waals surface area contributed by atoms with Crippen molar-refractivity contribution in [2.45, 2.75) is 26.2 Å². The lowest BCUT2D eigenvalue weighted by Gasteiger charge is -2.12. The van der Waals surface area contributed by atoms with E-state index in [0.29, 0.717) is 23.7 Å². The molecule has 0 saturated carbocycles. The molecule has 0 aliphatic rings. The molecule has 7 heteroatoms. The summed E-state index contributed by atoms with van der Waals surface area (Å²) in [6, 6.07) is 5.06. The quantitative estimate of drug-likeness (QED) is 0.580. The molecule has 1 unspecified atom stereocenters. The summed E-state index contributed by atoms with van der Waals surface area (Å²) in [4.78, 5) is 22.2. The summed E-state index contributed by atoms with van der Waals surface area (Å²) < 4.78 is 0.996. The Kier molecular flexibility index (Phi) is 7.81. The number of carbonyl (C=O) groups is 2.